The second-order valence-electron chi connectivity index (χ2n) is 8.55. The highest BCUT2D eigenvalue weighted by atomic mass is 35.5. The van der Waals surface area contributed by atoms with Crippen molar-refractivity contribution in [2.45, 2.75) is 6.92 Å². The molecule has 3 heterocycles. The van der Waals surface area contributed by atoms with E-state index in [1.54, 1.807) is 35.2 Å². The molecule has 1 aliphatic heterocycles. The summed E-state index contributed by atoms with van der Waals surface area (Å²) in [6.45, 7) is 4.18. The fourth-order valence-electron chi connectivity index (χ4n) is 4.11. The number of amides is 2. The lowest BCUT2D eigenvalue weighted by Gasteiger charge is -2.35. The Balaban J connectivity index is 1.25. The van der Waals surface area contributed by atoms with E-state index in [4.69, 9.17) is 25.7 Å². The third-order valence-corrected chi connectivity index (χ3v) is 6.51. The average molecular weight is 505 g/mol. The number of para-hydroxylation sites is 1. The fourth-order valence-corrected chi connectivity index (χ4v) is 4.29. The van der Waals surface area contributed by atoms with E-state index in [0.717, 1.165) is 16.8 Å². The number of nitrogens with zero attached hydrogens (tertiary/aromatic N) is 3. The van der Waals surface area contributed by atoms with Crippen molar-refractivity contribution in [1.29, 1.82) is 0 Å². The normalized spacial score (nSPS) is 13.6. The maximum Gasteiger partial charge on any atom is 0.289 e. The van der Waals surface area contributed by atoms with Gasteiger partial charge in [-0.2, -0.15) is 0 Å². The van der Waals surface area contributed by atoms with Crippen molar-refractivity contribution in [1.82, 2.24) is 9.88 Å². The topological polar surface area (TPSA) is 87.9 Å². The first-order chi connectivity index (χ1) is 17.5. The van der Waals surface area contributed by atoms with Gasteiger partial charge < -0.3 is 24.3 Å². The number of hydrogen-bond donors (Lipinski definition) is 1. The highest BCUT2D eigenvalue weighted by Crippen LogP contribution is 2.27. The van der Waals surface area contributed by atoms with Crippen LogP contribution in [-0.4, -0.2) is 54.5 Å². The molecule has 2 amide bonds. The van der Waals surface area contributed by atoms with Crippen molar-refractivity contribution in [2.75, 3.05) is 43.0 Å². The minimum atomic E-state index is -0.291. The van der Waals surface area contributed by atoms with Crippen LogP contribution in [0, 0.1) is 6.92 Å². The maximum absolute atomic E-state index is 12.5. The Morgan fingerprint density at radius 2 is 1.89 bits per heavy atom. The summed E-state index contributed by atoms with van der Waals surface area (Å²) < 4.78 is 11.1. The number of fused-ring (bicyclic) bond motifs is 1. The van der Waals surface area contributed by atoms with Gasteiger partial charge in [-0.05, 0) is 55.0 Å². The lowest BCUT2D eigenvalue weighted by molar-refractivity contribution is -0.118. The molecule has 0 radical (unpaired) electrons. The number of benzene rings is 2. The number of hydrogen-bond acceptors (Lipinski definition) is 6. The highest BCUT2D eigenvalue weighted by Gasteiger charge is 2.24. The third-order valence-electron chi connectivity index (χ3n) is 6.11. The van der Waals surface area contributed by atoms with E-state index in [1.807, 2.05) is 37.3 Å². The predicted octanol–water partition coefficient (Wildman–Crippen LogP) is 4.77. The van der Waals surface area contributed by atoms with E-state index in [0.29, 0.717) is 53.9 Å². The molecular formula is C27H25ClN4O4. The minimum Gasteiger partial charge on any atom is -0.481 e. The van der Waals surface area contributed by atoms with E-state index in [9.17, 15) is 9.59 Å². The van der Waals surface area contributed by atoms with Gasteiger partial charge in [-0.15, -0.1) is 0 Å². The quantitative estimate of drug-likeness (QED) is 0.407. The number of furan rings is 1. The third kappa shape index (κ3) is 5.13. The van der Waals surface area contributed by atoms with Crippen LogP contribution < -0.4 is 15.0 Å². The van der Waals surface area contributed by atoms with Gasteiger partial charge in [-0.25, -0.2) is 4.98 Å². The molecule has 0 spiro atoms. The Labute approximate surface area is 213 Å². The van der Waals surface area contributed by atoms with Gasteiger partial charge in [0.05, 0.1) is 6.26 Å². The maximum atomic E-state index is 12.5. The van der Waals surface area contributed by atoms with Crippen LogP contribution in [0.25, 0.3) is 10.9 Å². The molecule has 184 valence electrons. The zero-order valence-corrected chi connectivity index (χ0v) is 20.5. The summed E-state index contributed by atoms with van der Waals surface area (Å²) in [6, 6.07) is 18.3. The summed E-state index contributed by atoms with van der Waals surface area (Å²) in [4.78, 5) is 33.7. The molecule has 0 bridgehead atoms. The predicted molar refractivity (Wildman–Crippen MR) is 139 cm³/mol. The summed E-state index contributed by atoms with van der Waals surface area (Å²) in [5.74, 6) is 1.28. The molecule has 1 fully saturated rings. The van der Waals surface area contributed by atoms with Crippen LogP contribution in [-0.2, 0) is 4.79 Å². The number of rotatable bonds is 6. The molecule has 0 saturated carbocycles. The van der Waals surface area contributed by atoms with Gasteiger partial charge in [0.2, 0.25) is 0 Å². The zero-order chi connectivity index (χ0) is 25.1. The standard InChI is InChI=1S/C27H25ClN4O4/c1-18-7-9-20(16-21(18)28)29-25(33)17-36-22-5-2-4-19-8-10-24(30-26(19)22)31-11-13-32(14-12-31)27(34)23-6-3-15-35-23/h2-10,15-16H,11-14,17H2,1H3,(H,29,33). The summed E-state index contributed by atoms with van der Waals surface area (Å²) in [7, 11) is 0. The van der Waals surface area contributed by atoms with E-state index < -0.39 is 0 Å². The lowest BCUT2D eigenvalue weighted by atomic mass is 10.2. The number of aromatic nitrogens is 1. The molecule has 0 atom stereocenters. The minimum absolute atomic E-state index is 0.104. The average Bonchev–Trinajstić information content (AvgIpc) is 3.44. The molecule has 9 heteroatoms. The summed E-state index contributed by atoms with van der Waals surface area (Å²) in [5, 5.41) is 4.30. The van der Waals surface area contributed by atoms with Crippen molar-refractivity contribution in [3.63, 3.8) is 0 Å². The molecule has 36 heavy (non-hydrogen) atoms. The Kier molecular flexibility index (Phi) is 6.77. The fraction of sp³-hybridized carbons (Fsp3) is 0.222. The Hall–Kier alpha value is -4.04. The first-order valence-corrected chi connectivity index (χ1v) is 12.0. The molecular weight excluding hydrogens is 480 g/mol. The van der Waals surface area contributed by atoms with Crippen molar-refractivity contribution in [3.05, 3.63) is 83.3 Å². The first kappa shape index (κ1) is 23.7. The number of aryl methyl sites for hydroxylation is 1. The van der Waals surface area contributed by atoms with Gasteiger partial charge >= 0.3 is 0 Å². The van der Waals surface area contributed by atoms with Crippen molar-refractivity contribution in [2.24, 2.45) is 0 Å². The van der Waals surface area contributed by atoms with Crippen LogP contribution in [0.15, 0.2) is 71.3 Å². The summed E-state index contributed by atoms with van der Waals surface area (Å²) in [5.41, 5.74) is 2.23. The zero-order valence-electron chi connectivity index (χ0n) is 19.7. The summed E-state index contributed by atoms with van der Waals surface area (Å²) >= 11 is 6.14. The van der Waals surface area contributed by atoms with E-state index in [1.165, 1.54) is 6.26 Å². The Morgan fingerprint density at radius 1 is 1.06 bits per heavy atom. The van der Waals surface area contributed by atoms with Gasteiger partial charge in [0.15, 0.2) is 12.4 Å². The van der Waals surface area contributed by atoms with E-state index in [-0.39, 0.29) is 18.4 Å². The SMILES string of the molecule is Cc1ccc(NC(=O)COc2cccc3ccc(N4CCN(C(=O)c5ccco5)CC4)nc23)cc1Cl. The number of pyridine rings is 1. The van der Waals surface area contributed by atoms with Crippen LogP contribution in [0.5, 0.6) is 5.75 Å². The molecule has 1 aliphatic rings. The second-order valence-corrected chi connectivity index (χ2v) is 8.96. The van der Waals surface area contributed by atoms with E-state index in [2.05, 4.69) is 10.2 Å². The number of piperazine rings is 1. The van der Waals surface area contributed by atoms with Crippen molar-refractivity contribution in [3.8, 4) is 5.75 Å². The van der Waals surface area contributed by atoms with Gasteiger partial charge in [-0.1, -0.05) is 29.8 Å². The number of halogens is 1. The van der Waals surface area contributed by atoms with Crippen LogP contribution in [0.3, 0.4) is 0 Å². The van der Waals surface area contributed by atoms with Crippen molar-refractivity contribution >= 4 is 45.8 Å². The van der Waals surface area contributed by atoms with E-state index >= 15 is 0 Å². The Bertz CT molecular complexity index is 1400. The smallest absolute Gasteiger partial charge is 0.289 e. The molecule has 1 saturated heterocycles. The Morgan fingerprint density at radius 3 is 2.64 bits per heavy atom. The number of anilines is 2. The number of carbonyl (C=O) groups is 2. The highest BCUT2D eigenvalue weighted by molar-refractivity contribution is 6.31. The molecule has 0 unspecified atom stereocenters. The summed E-state index contributed by atoms with van der Waals surface area (Å²) in [6.07, 6.45) is 1.50. The van der Waals surface area contributed by atoms with Crippen LogP contribution >= 0.6 is 11.6 Å². The van der Waals surface area contributed by atoms with Crippen LogP contribution in [0.2, 0.25) is 5.02 Å². The van der Waals surface area contributed by atoms with Gasteiger partial charge in [0.1, 0.15) is 17.1 Å². The number of ether oxygens (including phenoxy) is 1. The van der Waals surface area contributed by atoms with Crippen LogP contribution in [0.1, 0.15) is 16.1 Å². The van der Waals surface area contributed by atoms with Crippen molar-refractivity contribution < 1.29 is 18.7 Å². The monoisotopic (exact) mass is 504 g/mol. The van der Waals surface area contributed by atoms with Gasteiger partial charge in [0.25, 0.3) is 11.8 Å². The molecule has 2 aromatic heterocycles. The first-order valence-electron chi connectivity index (χ1n) is 11.6. The molecule has 1 N–H and O–H groups in total. The van der Waals surface area contributed by atoms with Crippen LogP contribution in [0.4, 0.5) is 11.5 Å². The number of carbonyl (C=O) groups excluding carboxylic acids is 2. The molecule has 4 aromatic rings. The molecule has 2 aromatic carbocycles. The number of nitrogens with one attached hydrogen (secondary N) is 1. The molecule has 0 aliphatic carbocycles. The van der Waals surface area contributed by atoms with Gasteiger partial charge in [-0.3, -0.25) is 9.59 Å². The lowest BCUT2D eigenvalue weighted by Crippen LogP contribution is -2.49. The van der Waals surface area contributed by atoms with Gasteiger partial charge in [0, 0.05) is 42.3 Å². The molecule has 5 rings (SSSR count). The second kappa shape index (κ2) is 10.3. The largest absolute Gasteiger partial charge is 0.481 e. The molecule has 8 nitrogen and oxygen atoms in total.